The number of nitrogens with zero attached hydrogens (tertiary/aromatic N) is 1. The molecule has 0 atom stereocenters. The minimum Gasteiger partial charge on any atom is -0.445 e. The van der Waals surface area contributed by atoms with Gasteiger partial charge in [-0.15, -0.1) is 0 Å². The van der Waals surface area contributed by atoms with E-state index < -0.39 is 6.09 Å². The largest absolute Gasteiger partial charge is 0.445 e. The fourth-order valence-electron chi connectivity index (χ4n) is 2.50. The molecule has 2 aromatic carbocycles. The Labute approximate surface area is 147 Å². The lowest BCUT2D eigenvalue weighted by molar-refractivity contribution is 0.140. The summed E-state index contributed by atoms with van der Waals surface area (Å²) >= 11 is 0. The molecule has 0 aliphatic carbocycles. The van der Waals surface area contributed by atoms with Crippen molar-refractivity contribution in [2.45, 2.75) is 13.0 Å². The van der Waals surface area contributed by atoms with Crippen LogP contribution in [0.15, 0.2) is 72.9 Å². The number of carbonyl (C=O) groups excluding carboxylic acids is 1. The van der Waals surface area contributed by atoms with Crippen LogP contribution < -0.4 is 5.32 Å². The van der Waals surface area contributed by atoms with E-state index in [-0.39, 0.29) is 6.61 Å². The maximum Gasteiger partial charge on any atom is 0.407 e. The smallest absolute Gasteiger partial charge is 0.407 e. The van der Waals surface area contributed by atoms with E-state index in [2.05, 4.69) is 22.4 Å². The highest BCUT2D eigenvalue weighted by atomic mass is 16.5. The molecule has 0 aliphatic rings. The highest BCUT2D eigenvalue weighted by Crippen LogP contribution is 2.17. The number of fused-ring (bicyclic) bond motifs is 1. The fourth-order valence-corrected chi connectivity index (χ4v) is 2.50. The van der Waals surface area contributed by atoms with Crippen molar-refractivity contribution in [1.29, 1.82) is 0 Å². The van der Waals surface area contributed by atoms with E-state index in [1.165, 1.54) is 5.39 Å². The quantitative estimate of drug-likeness (QED) is 0.673. The second-order valence-corrected chi connectivity index (χ2v) is 5.60. The predicted molar refractivity (Wildman–Crippen MR) is 100 cm³/mol. The third-order valence-electron chi connectivity index (χ3n) is 3.77. The molecule has 0 saturated carbocycles. The van der Waals surface area contributed by atoms with Crippen LogP contribution in [0.3, 0.4) is 0 Å². The first-order valence-corrected chi connectivity index (χ1v) is 8.28. The zero-order chi connectivity index (χ0) is 17.3. The number of nitrogens with one attached hydrogen (secondary N) is 1. The zero-order valence-electron chi connectivity index (χ0n) is 13.9. The molecule has 4 nitrogen and oxygen atoms in total. The predicted octanol–water partition coefficient (Wildman–Crippen LogP) is 4.56. The number of rotatable bonds is 6. The van der Waals surface area contributed by atoms with Crippen LogP contribution in [0.4, 0.5) is 4.79 Å². The summed E-state index contributed by atoms with van der Waals surface area (Å²) in [6, 6.07) is 19.8. The summed E-state index contributed by atoms with van der Waals surface area (Å²) in [7, 11) is 0. The Hall–Kier alpha value is -3.14. The molecule has 0 aliphatic heterocycles. The zero-order valence-corrected chi connectivity index (χ0v) is 13.9. The van der Waals surface area contributed by atoms with Crippen molar-refractivity contribution in [3.63, 3.8) is 0 Å². The molecule has 3 rings (SSSR count). The van der Waals surface area contributed by atoms with Crippen molar-refractivity contribution in [1.82, 2.24) is 10.3 Å². The SMILES string of the molecule is O=C(NCCC=Cc1nccc2ccccc12)OCc1ccccc1. The first-order valence-electron chi connectivity index (χ1n) is 8.28. The van der Waals surface area contributed by atoms with Gasteiger partial charge in [0.15, 0.2) is 0 Å². The van der Waals surface area contributed by atoms with Gasteiger partial charge in [0.05, 0.1) is 5.69 Å². The molecule has 4 heteroatoms. The Morgan fingerprint density at radius 3 is 2.72 bits per heavy atom. The first-order chi connectivity index (χ1) is 12.3. The van der Waals surface area contributed by atoms with Crippen molar-refractivity contribution < 1.29 is 9.53 Å². The molecule has 0 unspecified atom stereocenters. The molecule has 0 fully saturated rings. The van der Waals surface area contributed by atoms with Gasteiger partial charge in [-0.05, 0) is 29.5 Å². The van der Waals surface area contributed by atoms with Gasteiger partial charge < -0.3 is 10.1 Å². The van der Waals surface area contributed by atoms with Crippen molar-refractivity contribution in [2.24, 2.45) is 0 Å². The molecule has 0 saturated heterocycles. The Kier molecular flexibility index (Phi) is 5.77. The molecule has 1 amide bonds. The van der Waals surface area contributed by atoms with Gasteiger partial charge in [0.25, 0.3) is 0 Å². The topological polar surface area (TPSA) is 51.2 Å². The number of amides is 1. The molecule has 0 spiro atoms. The van der Waals surface area contributed by atoms with Gasteiger partial charge in [0.1, 0.15) is 6.61 Å². The molecular formula is C21H20N2O2. The number of benzene rings is 2. The number of pyridine rings is 1. The summed E-state index contributed by atoms with van der Waals surface area (Å²) in [5.74, 6) is 0. The monoisotopic (exact) mass is 332 g/mol. The van der Waals surface area contributed by atoms with Crippen molar-refractivity contribution in [2.75, 3.05) is 6.54 Å². The van der Waals surface area contributed by atoms with Crippen LogP contribution in [0, 0.1) is 0 Å². The molecule has 0 radical (unpaired) electrons. The molecule has 0 bridgehead atoms. The van der Waals surface area contributed by atoms with Crippen LogP contribution >= 0.6 is 0 Å². The molecule has 3 aromatic rings. The van der Waals surface area contributed by atoms with Crippen LogP contribution in [0.1, 0.15) is 17.7 Å². The number of ether oxygens (including phenoxy) is 1. The molecule has 1 aromatic heterocycles. The molecular weight excluding hydrogens is 312 g/mol. The maximum absolute atomic E-state index is 11.7. The number of hydrogen-bond acceptors (Lipinski definition) is 3. The second-order valence-electron chi connectivity index (χ2n) is 5.60. The number of hydrogen-bond donors (Lipinski definition) is 1. The Morgan fingerprint density at radius 1 is 1.04 bits per heavy atom. The Balaban J connectivity index is 1.43. The lowest BCUT2D eigenvalue weighted by Crippen LogP contribution is -2.24. The molecule has 126 valence electrons. The van der Waals surface area contributed by atoms with E-state index in [0.29, 0.717) is 13.0 Å². The third-order valence-corrected chi connectivity index (χ3v) is 3.77. The van der Waals surface area contributed by atoms with Crippen LogP contribution in [-0.2, 0) is 11.3 Å². The second kappa shape index (κ2) is 8.64. The van der Waals surface area contributed by atoms with E-state index >= 15 is 0 Å². The summed E-state index contributed by atoms with van der Waals surface area (Å²) in [5, 5.41) is 5.03. The minimum absolute atomic E-state index is 0.280. The van der Waals surface area contributed by atoms with E-state index in [1.807, 2.05) is 60.7 Å². The van der Waals surface area contributed by atoms with Crippen LogP contribution in [0.5, 0.6) is 0 Å². The van der Waals surface area contributed by atoms with Gasteiger partial charge in [-0.2, -0.15) is 0 Å². The average Bonchev–Trinajstić information content (AvgIpc) is 2.67. The first kappa shape index (κ1) is 16.7. The Bertz CT molecular complexity index is 855. The van der Waals surface area contributed by atoms with Crippen LogP contribution in [0.2, 0.25) is 0 Å². The van der Waals surface area contributed by atoms with Crippen LogP contribution in [-0.4, -0.2) is 17.6 Å². The van der Waals surface area contributed by atoms with Crippen LogP contribution in [0.25, 0.3) is 16.8 Å². The van der Waals surface area contributed by atoms with Crippen molar-refractivity contribution in [3.8, 4) is 0 Å². The summed E-state index contributed by atoms with van der Waals surface area (Å²) < 4.78 is 5.16. The van der Waals surface area contributed by atoms with Crippen molar-refractivity contribution in [3.05, 3.63) is 84.2 Å². The highest BCUT2D eigenvalue weighted by molar-refractivity contribution is 5.88. The summed E-state index contributed by atoms with van der Waals surface area (Å²) in [5.41, 5.74) is 1.91. The highest BCUT2D eigenvalue weighted by Gasteiger charge is 2.01. The van der Waals surface area contributed by atoms with Gasteiger partial charge in [-0.25, -0.2) is 4.79 Å². The molecule has 1 heterocycles. The fraction of sp³-hybridized carbons (Fsp3) is 0.143. The maximum atomic E-state index is 11.7. The third kappa shape index (κ3) is 4.91. The Morgan fingerprint density at radius 2 is 1.84 bits per heavy atom. The number of carbonyl (C=O) groups is 1. The molecule has 25 heavy (non-hydrogen) atoms. The molecule has 1 N–H and O–H groups in total. The minimum atomic E-state index is -0.402. The summed E-state index contributed by atoms with van der Waals surface area (Å²) in [6.07, 6.45) is 6.11. The van der Waals surface area contributed by atoms with Crippen molar-refractivity contribution >= 4 is 22.9 Å². The summed E-state index contributed by atoms with van der Waals surface area (Å²) in [4.78, 5) is 16.1. The normalized spacial score (nSPS) is 10.9. The van der Waals surface area contributed by atoms with Gasteiger partial charge in [-0.3, -0.25) is 4.98 Å². The summed E-state index contributed by atoms with van der Waals surface area (Å²) in [6.45, 7) is 0.803. The number of alkyl carbamates (subject to hydrolysis) is 1. The van der Waals surface area contributed by atoms with Gasteiger partial charge in [0, 0.05) is 18.1 Å². The van der Waals surface area contributed by atoms with E-state index in [4.69, 9.17) is 4.74 Å². The lowest BCUT2D eigenvalue weighted by atomic mass is 10.1. The van der Waals surface area contributed by atoms with E-state index in [1.54, 1.807) is 6.20 Å². The van der Waals surface area contributed by atoms with Gasteiger partial charge in [0.2, 0.25) is 0 Å². The van der Waals surface area contributed by atoms with Gasteiger partial charge in [-0.1, -0.05) is 60.7 Å². The van der Waals surface area contributed by atoms with E-state index in [9.17, 15) is 4.79 Å². The van der Waals surface area contributed by atoms with Gasteiger partial charge >= 0.3 is 6.09 Å². The lowest BCUT2D eigenvalue weighted by Gasteiger charge is -2.06. The average molecular weight is 332 g/mol. The van der Waals surface area contributed by atoms with E-state index in [0.717, 1.165) is 16.6 Å². The number of aromatic nitrogens is 1. The standard InChI is InChI=1S/C21H20N2O2/c24-21(25-16-17-8-2-1-3-9-17)23-14-7-6-12-20-19-11-5-4-10-18(19)13-15-22-20/h1-6,8-13,15H,7,14,16H2,(H,23,24).